The first kappa shape index (κ1) is 19.8. The lowest BCUT2D eigenvalue weighted by atomic mass is 10.1. The van der Waals surface area contributed by atoms with Crippen molar-refractivity contribution in [3.05, 3.63) is 65.2 Å². The number of Topliss-reactive ketones (excluding diaryl/α,β-unsaturated/α-hetero) is 1. The highest BCUT2D eigenvalue weighted by molar-refractivity contribution is 8.15. The van der Waals surface area contributed by atoms with Crippen LogP contribution in [0, 0.1) is 13.8 Å². The van der Waals surface area contributed by atoms with Crippen LogP contribution in [0.2, 0.25) is 0 Å². The third-order valence-electron chi connectivity index (χ3n) is 4.43. The van der Waals surface area contributed by atoms with Gasteiger partial charge in [-0.25, -0.2) is 0 Å². The van der Waals surface area contributed by atoms with Gasteiger partial charge in [0.05, 0.1) is 6.54 Å². The Hall–Kier alpha value is -2.93. The molecule has 2 aromatic carbocycles. The molecule has 28 heavy (non-hydrogen) atoms. The largest absolute Gasteiger partial charge is 0.326 e. The predicted molar refractivity (Wildman–Crippen MR) is 108 cm³/mol. The lowest BCUT2D eigenvalue weighted by Gasteiger charge is -2.13. The van der Waals surface area contributed by atoms with Crippen LogP contribution < -0.4 is 5.32 Å². The molecule has 1 aliphatic rings. The van der Waals surface area contributed by atoms with Crippen LogP contribution in [0.1, 0.15) is 27.9 Å². The Kier molecular flexibility index (Phi) is 5.94. The zero-order chi connectivity index (χ0) is 20.3. The van der Waals surface area contributed by atoms with Crippen molar-refractivity contribution in [2.75, 3.05) is 11.9 Å². The van der Waals surface area contributed by atoms with Gasteiger partial charge in [-0.15, -0.1) is 0 Å². The lowest BCUT2D eigenvalue weighted by Crippen LogP contribution is -2.36. The van der Waals surface area contributed by atoms with Crippen molar-refractivity contribution < 1.29 is 19.2 Å². The van der Waals surface area contributed by atoms with Gasteiger partial charge in [0.2, 0.25) is 11.8 Å². The first-order chi connectivity index (χ1) is 13.3. The molecule has 1 heterocycles. The maximum absolute atomic E-state index is 12.5. The Balaban J connectivity index is 1.61. The number of thioether (sulfide) groups is 1. The van der Waals surface area contributed by atoms with E-state index in [1.54, 1.807) is 30.3 Å². The Morgan fingerprint density at radius 2 is 1.79 bits per heavy atom. The fourth-order valence-corrected chi connectivity index (χ4v) is 3.94. The Morgan fingerprint density at radius 3 is 2.46 bits per heavy atom. The molecular weight excluding hydrogens is 376 g/mol. The van der Waals surface area contributed by atoms with Gasteiger partial charge in [-0.3, -0.25) is 24.1 Å². The molecular formula is C21H20N2O4S. The third kappa shape index (κ3) is 4.48. The molecule has 2 aromatic rings. The summed E-state index contributed by atoms with van der Waals surface area (Å²) in [6, 6.07) is 14.1. The molecule has 1 fully saturated rings. The van der Waals surface area contributed by atoms with Crippen LogP contribution in [0.3, 0.4) is 0 Å². The minimum Gasteiger partial charge on any atom is -0.326 e. The molecule has 1 aliphatic heterocycles. The highest BCUT2D eigenvalue weighted by Crippen LogP contribution is 2.30. The monoisotopic (exact) mass is 396 g/mol. The van der Waals surface area contributed by atoms with E-state index in [1.165, 1.54) is 0 Å². The number of rotatable bonds is 6. The van der Waals surface area contributed by atoms with Gasteiger partial charge in [-0.05, 0) is 25.5 Å². The normalized spacial score (nSPS) is 16.4. The van der Waals surface area contributed by atoms with Crippen molar-refractivity contribution in [2.24, 2.45) is 0 Å². The van der Waals surface area contributed by atoms with Gasteiger partial charge in [0.15, 0.2) is 5.78 Å². The van der Waals surface area contributed by atoms with Crippen LogP contribution in [0.5, 0.6) is 0 Å². The number of anilines is 1. The summed E-state index contributed by atoms with van der Waals surface area (Å²) in [5, 5.41) is 1.46. The first-order valence-electron chi connectivity index (χ1n) is 8.82. The summed E-state index contributed by atoms with van der Waals surface area (Å²) >= 11 is 0.789. The number of carbonyl (C=O) groups is 4. The molecule has 6 nitrogen and oxygen atoms in total. The molecule has 1 unspecified atom stereocenters. The number of carbonyl (C=O) groups excluding carboxylic acids is 4. The summed E-state index contributed by atoms with van der Waals surface area (Å²) in [5.41, 5.74) is 3.11. The zero-order valence-corrected chi connectivity index (χ0v) is 16.4. The number of ketones is 1. The second-order valence-electron chi connectivity index (χ2n) is 6.66. The first-order valence-corrected chi connectivity index (χ1v) is 9.70. The number of hydrogen-bond donors (Lipinski definition) is 1. The molecule has 0 bridgehead atoms. The molecule has 144 valence electrons. The molecule has 0 aromatic heterocycles. The number of nitrogens with one attached hydrogen (secondary N) is 1. The summed E-state index contributed by atoms with van der Waals surface area (Å²) in [7, 11) is 0. The molecule has 0 radical (unpaired) electrons. The Labute approximate surface area is 167 Å². The molecule has 1 atom stereocenters. The van der Waals surface area contributed by atoms with E-state index in [9.17, 15) is 19.2 Å². The van der Waals surface area contributed by atoms with Gasteiger partial charge < -0.3 is 5.32 Å². The van der Waals surface area contributed by atoms with Crippen molar-refractivity contribution in [1.82, 2.24) is 4.90 Å². The number of imide groups is 1. The maximum Gasteiger partial charge on any atom is 0.289 e. The molecule has 0 saturated carbocycles. The molecule has 3 rings (SSSR count). The molecule has 7 heteroatoms. The summed E-state index contributed by atoms with van der Waals surface area (Å²) in [5.74, 6) is -1.17. The average Bonchev–Trinajstić information content (AvgIpc) is 2.92. The smallest absolute Gasteiger partial charge is 0.289 e. The fraction of sp³-hybridized carbons (Fsp3) is 0.238. The number of aryl methyl sites for hydroxylation is 2. The van der Waals surface area contributed by atoms with E-state index >= 15 is 0 Å². The number of nitrogens with zero attached hydrogens (tertiary/aromatic N) is 1. The highest BCUT2D eigenvalue weighted by atomic mass is 32.2. The fourth-order valence-electron chi connectivity index (χ4n) is 2.95. The second-order valence-corrected chi connectivity index (χ2v) is 7.81. The predicted octanol–water partition coefficient (Wildman–Crippen LogP) is 3.58. The van der Waals surface area contributed by atoms with E-state index in [0.29, 0.717) is 11.3 Å². The maximum atomic E-state index is 12.5. The summed E-state index contributed by atoms with van der Waals surface area (Å²) in [4.78, 5) is 50.3. The minimum atomic E-state index is -0.818. The van der Waals surface area contributed by atoms with Crippen molar-refractivity contribution >= 4 is 40.3 Å². The van der Waals surface area contributed by atoms with E-state index in [1.807, 2.05) is 32.0 Å². The van der Waals surface area contributed by atoms with Crippen molar-refractivity contribution in [1.29, 1.82) is 0 Å². The van der Waals surface area contributed by atoms with Crippen LogP contribution in [0.25, 0.3) is 0 Å². The Bertz CT molecular complexity index is 943. The molecule has 3 amide bonds. The van der Waals surface area contributed by atoms with Crippen LogP contribution >= 0.6 is 11.8 Å². The number of amides is 3. The van der Waals surface area contributed by atoms with Crippen molar-refractivity contribution in [3.8, 4) is 0 Å². The van der Waals surface area contributed by atoms with Crippen LogP contribution in [-0.2, 0) is 9.59 Å². The van der Waals surface area contributed by atoms with Gasteiger partial charge in [0.25, 0.3) is 5.24 Å². The van der Waals surface area contributed by atoms with E-state index < -0.39 is 16.4 Å². The summed E-state index contributed by atoms with van der Waals surface area (Å²) < 4.78 is 0. The molecule has 1 N–H and O–H groups in total. The van der Waals surface area contributed by atoms with Crippen LogP contribution in [0.15, 0.2) is 48.5 Å². The van der Waals surface area contributed by atoms with Gasteiger partial charge in [-0.1, -0.05) is 59.8 Å². The van der Waals surface area contributed by atoms with Gasteiger partial charge in [0.1, 0.15) is 5.25 Å². The van der Waals surface area contributed by atoms with Gasteiger partial charge in [0, 0.05) is 17.7 Å². The van der Waals surface area contributed by atoms with Gasteiger partial charge >= 0.3 is 0 Å². The number of hydrogen-bond acceptors (Lipinski definition) is 5. The molecule has 1 saturated heterocycles. The van der Waals surface area contributed by atoms with Crippen LogP contribution in [0.4, 0.5) is 10.5 Å². The Morgan fingerprint density at radius 1 is 1.07 bits per heavy atom. The average molecular weight is 396 g/mol. The number of benzene rings is 2. The van der Waals surface area contributed by atoms with Crippen LogP contribution in [-0.4, -0.2) is 39.5 Å². The summed E-state index contributed by atoms with van der Waals surface area (Å²) in [6.07, 6.45) is -0.126. The van der Waals surface area contributed by atoms with Crippen molar-refractivity contribution in [2.45, 2.75) is 25.5 Å². The second kappa shape index (κ2) is 8.39. The molecule has 0 spiro atoms. The van der Waals surface area contributed by atoms with E-state index in [-0.39, 0.29) is 24.7 Å². The zero-order valence-electron chi connectivity index (χ0n) is 15.6. The minimum absolute atomic E-state index is 0.126. The highest BCUT2D eigenvalue weighted by Gasteiger charge is 2.41. The standard InChI is InChI=1S/C21H20N2O4S/c1-13-8-9-16(14(2)10-13)22-19(25)11-18-20(26)23(21(27)28-18)12-17(24)15-6-4-3-5-7-15/h3-10,18H,11-12H2,1-2H3,(H,22,25). The topological polar surface area (TPSA) is 83.6 Å². The SMILES string of the molecule is Cc1ccc(NC(=O)CC2SC(=O)N(CC(=O)c3ccccc3)C2=O)c(C)c1. The quantitative estimate of drug-likeness (QED) is 0.755. The van der Waals surface area contributed by atoms with E-state index in [0.717, 1.165) is 27.8 Å². The van der Waals surface area contributed by atoms with E-state index in [2.05, 4.69) is 5.32 Å². The summed E-state index contributed by atoms with van der Waals surface area (Å²) in [6.45, 7) is 3.53. The van der Waals surface area contributed by atoms with Crippen molar-refractivity contribution in [3.63, 3.8) is 0 Å². The van der Waals surface area contributed by atoms with E-state index in [4.69, 9.17) is 0 Å². The lowest BCUT2D eigenvalue weighted by molar-refractivity contribution is -0.128. The molecule has 0 aliphatic carbocycles. The third-order valence-corrected chi connectivity index (χ3v) is 5.50. The van der Waals surface area contributed by atoms with Gasteiger partial charge in [-0.2, -0.15) is 0 Å².